The van der Waals surface area contributed by atoms with E-state index in [-0.39, 0.29) is 5.91 Å². The fraction of sp³-hybridized carbons (Fsp3) is 0.611. The highest BCUT2D eigenvalue weighted by Crippen LogP contribution is 2.40. The SMILES string of the molecule is COc1ccc(C(C(=O)N2CCNCC2)C2(O)CCOCC2)cc1Br. The van der Waals surface area contributed by atoms with Crippen molar-refractivity contribution in [2.75, 3.05) is 46.5 Å². The van der Waals surface area contributed by atoms with Crippen molar-refractivity contribution in [1.29, 1.82) is 0 Å². The van der Waals surface area contributed by atoms with E-state index in [0.29, 0.717) is 44.9 Å². The van der Waals surface area contributed by atoms with Gasteiger partial charge in [0.1, 0.15) is 5.75 Å². The highest BCUT2D eigenvalue weighted by atomic mass is 79.9. The zero-order chi connectivity index (χ0) is 17.9. The van der Waals surface area contributed by atoms with E-state index < -0.39 is 11.5 Å². The molecule has 0 aromatic heterocycles. The molecular weight excluding hydrogens is 388 g/mol. The fourth-order valence-corrected chi connectivity index (χ4v) is 4.18. The molecule has 2 N–H and O–H groups in total. The minimum Gasteiger partial charge on any atom is -0.496 e. The van der Waals surface area contributed by atoms with E-state index in [9.17, 15) is 9.90 Å². The molecule has 0 radical (unpaired) electrons. The lowest BCUT2D eigenvalue weighted by atomic mass is 9.76. The largest absolute Gasteiger partial charge is 0.496 e. The lowest BCUT2D eigenvalue weighted by Crippen LogP contribution is -2.53. The molecule has 7 heteroatoms. The van der Waals surface area contributed by atoms with Crippen LogP contribution in [-0.4, -0.2) is 68.0 Å². The third-order valence-electron chi connectivity index (χ3n) is 5.08. The number of hydrogen-bond donors (Lipinski definition) is 2. The van der Waals surface area contributed by atoms with E-state index in [1.165, 1.54) is 0 Å². The number of carbonyl (C=O) groups is 1. The molecule has 6 nitrogen and oxygen atoms in total. The second kappa shape index (κ2) is 8.03. The number of aliphatic hydroxyl groups is 1. The molecule has 2 saturated heterocycles. The number of hydrogen-bond acceptors (Lipinski definition) is 5. The Morgan fingerprint density at radius 3 is 2.64 bits per heavy atom. The number of ether oxygens (including phenoxy) is 2. The topological polar surface area (TPSA) is 71.0 Å². The van der Waals surface area contributed by atoms with Crippen LogP contribution in [0.2, 0.25) is 0 Å². The van der Waals surface area contributed by atoms with Gasteiger partial charge in [0.05, 0.1) is 23.1 Å². The standard InChI is InChI=1S/C18H25BrN2O4/c1-24-15-3-2-13(12-14(15)19)16(18(23)4-10-25-11-5-18)17(22)21-8-6-20-7-9-21/h2-3,12,16,20,23H,4-11H2,1H3. The van der Waals surface area contributed by atoms with E-state index in [4.69, 9.17) is 9.47 Å². The van der Waals surface area contributed by atoms with Gasteiger partial charge in [-0.2, -0.15) is 0 Å². The van der Waals surface area contributed by atoms with Gasteiger partial charge >= 0.3 is 0 Å². The predicted octanol–water partition coefficient (Wildman–Crippen LogP) is 1.51. The number of carbonyl (C=O) groups excluding carboxylic acids is 1. The number of rotatable bonds is 4. The zero-order valence-electron chi connectivity index (χ0n) is 14.5. The first-order valence-electron chi connectivity index (χ1n) is 8.68. The molecule has 25 heavy (non-hydrogen) atoms. The number of methoxy groups -OCH3 is 1. The molecule has 1 amide bonds. The Hall–Kier alpha value is -1.15. The van der Waals surface area contributed by atoms with Gasteiger partial charge in [-0.3, -0.25) is 4.79 Å². The average Bonchev–Trinajstić information content (AvgIpc) is 2.63. The van der Waals surface area contributed by atoms with Crippen molar-refractivity contribution < 1.29 is 19.4 Å². The van der Waals surface area contributed by atoms with Crippen LogP contribution in [0.1, 0.15) is 24.3 Å². The Morgan fingerprint density at radius 1 is 1.36 bits per heavy atom. The quantitative estimate of drug-likeness (QED) is 0.784. The molecule has 1 aromatic carbocycles. The summed E-state index contributed by atoms with van der Waals surface area (Å²) in [5.74, 6) is 0.0933. The van der Waals surface area contributed by atoms with Gasteiger partial charge in [0, 0.05) is 52.2 Å². The van der Waals surface area contributed by atoms with Gasteiger partial charge in [-0.15, -0.1) is 0 Å². The molecule has 0 saturated carbocycles. The second-order valence-corrected chi connectivity index (χ2v) is 7.47. The molecule has 1 aromatic rings. The van der Waals surface area contributed by atoms with Gasteiger partial charge in [0.15, 0.2) is 0 Å². The van der Waals surface area contributed by atoms with Crippen LogP contribution in [0, 0.1) is 0 Å². The lowest BCUT2D eigenvalue weighted by Gasteiger charge is -2.41. The van der Waals surface area contributed by atoms with E-state index in [1.807, 2.05) is 23.1 Å². The van der Waals surface area contributed by atoms with Crippen molar-refractivity contribution >= 4 is 21.8 Å². The summed E-state index contributed by atoms with van der Waals surface area (Å²) in [5.41, 5.74) is -0.283. The molecule has 2 aliphatic rings. The first kappa shape index (κ1) is 18.6. The molecule has 0 bridgehead atoms. The highest BCUT2D eigenvalue weighted by molar-refractivity contribution is 9.10. The summed E-state index contributed by atoms with van der Waals surface area (Å²) in [5, 5.41) is 14.6. The van der Waals surface area contributed by atoms with E-state index >= 15 is 0 Å². The Balaban J connectivity index is 1.96. The maximum Gasteiger partial charge on any atom is 0.233 e. The zero-order valence-corrected chi connectivity index (χ0v) is 16.0. The smallest absolute Gasteiger partial charge is 0.233 e. The molecule has 2 aliphatic heterocycles. The summed E-state index contributed by atoms with van der Waals surface area (Å²) in [6, 6.07) is 5.60. The van der Waals surface area contributed by atoms with Crippen molar-refractivity contribution in [2.24, 2.45) is 0 Å². The molecule has 0 aliphatic carbocycles. The first-order valence-corrected chi connectivity index (χ1v) is 9.47. The van der Waals surface area contributed by atoms with Gasteiger partial charge in [-0.1, -0.05) is 6.07 Å². The minimum absolute atomic E-state index is 0.0111. The molecular formula is C18H25BrN2O4. The second-order valence-electron chi connectivity index (χ2n) is 6.62. The molecule has 1 atom stereocenters. The fourth-order valence-electron chi connectivity index (χ4n) is 3.63. The van der Waals surface area contributed by atoms with Gasteiger partial charge in [0.25, 0.3) is 0 Å². The van der Waals surface area contributed by atoms with Crippen LogP contribution in [-0.2, 0) is 9.53 Å². The summed E-state index contributed by atoms with van der Waals surface area (Å²) in [6.45, 7) is 3.84. The highest BCUT2D eigenvalue weighted by Gasteiger charge is 2.45. The molecule has 138 valence electrons. The monoisotopic (exact) mass is 412 g/mol. The Morgan fingerprint density at radius 2 is 2.04 bits per heavy atom. The molecule has 1 unspecified atom stereocenters. The predicted molar refractivity (Wildman–Crippen MR) is 97.9 cm³/mol. The van der Waals surface area contributed by atoms with Crippen LogP contribution in [0.25, 0.3) is 0 Å². The molecule has 2 heterocycles. The van der Waals surface area contributed by atoms with Crippen LogP contribution in [0.3, 0.4) is 0 Å². The van der Waals surface area contributed by atoms with Crippen LogP contribution in [0.15, 0.2) is 22.7 Å². The maximum atomic E-state index is 13.3. The van der Waals surface area contributed by atoms with Crippen LogP contribution >= 0.6 is 15.9 Å². The minimum atomic E-state index is -1.09. The third-order valence-corrected chi connectivity index (χ3v) is 5.70. The number of piperazine rings is 1. The molecule has 2 fully saturated rings. The summed E-state index contributed by atoms with van der Waals surface area (Å²) >= 11 is 3.50. The number of amides is 1. The van der Waals surface area contributed by atoms with Crippen LogP contribution in [0.4, 0.5) is 0 Å². The number of halogens is 1. The first-order chi connectivity index (χ1) is 12.0. The Labute approximate surface area is 156 Å². The lowest BCUT2D eigenvalue weighted by molar-refractivity contribution is -0.146. The summed E-state index contributed by atoms with van der Waals surface area (Å²) in [6.07, 6.45) is 0.915. The number of nitrogens with zero attached hydrogens (tertiary/aromatic N) is 1. The summed E-state index contributed by atoms with van der Waals surface area (Å²) in [4.78, 5) is 15.2. The van der Waals surface area contributed by atoms with E-state index in [2.05, 4.69) is 21.2 Å². The van der Waals surface area contributed by atoms with Crippen LogP contribution < -0.4 is 10.1 Å². The average molecular weight is 413 g/mol. The van der Waals surface area contributed by atoms with Gasteiger partial charge in [0.2, 0.25) is 5.91 Å². The van der Waals surface area contributed by atoms with Gasteiger partial charge in [-0.05, 0) is 33.6 Å². The van der Waals surface area contributed by atoms with Gasteiger partial charge < -0.3 is 24.8 Å². The summed E-state index contributed by atoms with van der Waals surface area (Å²) < 4.78 is 11.5. The summed E-state index contributed by atoms with van der Waals surface area (Å²) in [7, 11) is 1.61. The van der Waals surface area contributed by atoms with Crippen LogP contribution in [0.5, 0.6) is 5.75 Å². The maximum absolute atomic E-state index is 13.3. The van der Waals surface area contributed by atoms with Gasteiger partial charge in [-0.25, -0.2) is 0 Å². The van der Waals surface area contributed by atoms with Crippen molar-refractivity contribution in [3.8, 4) is 5.75 Å². The third kappa shape index (κ3) is 4.00. The van der Waals surface area contributed by atoms with E-state index in [1.54, 1.807) is 7.11 Å². The molecule has 0 spiro atoms. The normalized spacial score (nSPS) is 21.6. The van der Waals surface area contributed by atoms with E-state index in [0.717, 1.165) is 23.1 Å². The Bertz CT molecular complexity index is 613. The van der Waals surface area contributed by atoms with Crippen molar-refractivity contribution in [1.82, 2.24) is 10.2 Å². The van der Waals surface area contributed by atoms with Crippen molar-refractivity contribution in [2.45, 2.75) is 24.4 Å². The van der Waals surface area contributed by atoms with Crippen molar-refractivity contribution in [3.63, 3.8) is 0 Å². The number of benzene rings is 1. The Kier molecular flexibility index (Phi) is 5.99. The number of nitrogens with one attached hydrogen (secondary N) is 1. The van der Waals surface area contributed by atoms with Crippen molar-refractivity contribution in [3.05, 3.63) is 28.2 Å². The molecule has 3 rings (SSSR count).